The summed E-state index contributed by atoms with van der Waals surface area (Å²) in [5.41, 5.74) is 5.62. The molecule has 0 aromatic rings. The first-order chi connectivity index (χ1) is 6.86. The second-order valence-corrected chi connectivity index (χ2v) is 3.86. The van der Waals surface area contributed by atoms with Crippen molar-refractivity contribution in [1.82, 2.24) is 4.90 Å². The van der Waals surface area contributed by atoms with Gasteiger partial charge in [-0.05, 0) is 38.4 Å². The normalized spacial score (nSPS) is 20.1. The van der Waals surface area contributed by atoms with Crippen LogP contribution >= 0.6 is 0 Å². The van der Waals surface area contributed by atoms with Crippen LogP contribution in [0.2, 0.25) is 0 Å². The molecule has 0 bridgehead atoms. The third kappa shape index (κ3) is 4.37. The largest absolute Gasteiger partial charge is 0.394 e. The van der Waals surface area contributed by atoms with Gasteiger partial charge in [-0.15, -0.1) is 0 Å². The van der Waals surface area contributed by atoms with Crippen molar-refractivity contribution in [3.05, 3.63) is 0 Å². The Kier molecular flexibility index (Phi) is 6.10. The number of nitrogens with two attached hydrogens (primary N) is 1. The predicted octanol–water partition coefficient (Wildman–Crippen LogP) is -0.334. The molecule has 1 heterocycles. The highest BCUT2D eigenvalue weighted by Crippen LogP contribution is 2.14. The number of aliphatic hydroxyl groups excluding tert-OH is 1. The molecule has 1 aliphatic rings. The van der Waals surface area contributed by atoms with Gasteiger partial charge in [0.1, 0.15) is 0 Å². The van der Waals surface area contributed by atoms with Crippen LogP contribution in [0, 0.1) is 5.92 Å². The monoisotopic (exact) mass is 202 g/mol. The summed E-state index contributed by atoms with van der Waals surface area (Å²) in [5, 5.41) is 8.52. The Morgan fingerprint density at radius 3 is 2.57 bits per heavy atom. The summed E-state index contributed by atoms with van der Waals surface area (Å²) in [6.45, 7) is 5.41. The highest BCUT2D eigenvalue weighted by atomic mass is 16.5. The SMILES string of the molecule is NCC1CCN(CCOCCO)CC1. The van der Waals surface area contributed by atoms with Crippen LogP contribution in [-0.4, -0.2) is 56.0 Å². The Labute approximate surface area is 86.0 Å². The van der Waals surface area contributed by atoms with Crippen molar-refractivity contribution in [1.29, 1.82) is 0 Å². The third-order valence-electron chi connectivity index (χ3n) is 2.83. The van der Waals surface area contributed by atoms with E-state index in [1.807, 2.05) is 0 Å². The van der Waals surface area contributed by atoms with E-state index in [0.29, 0.717) is 6.61 Å². The van der Waals surface area contributed by atoms with Gasteiger partial charge in [-0.1, -0.05) is 0 Å². The average molecular weight is 202 g/mol. The van der Waals surface area contributed by atoms with Crippen LogP contribution < -0.4 is 5.73 Å². The van der Waals surface area contributed by atoms with Crippen molar-refractivity contribution in [2.24, 2.45) is 11.7 Å². The number of nitrogens with zero attached hydrogens (tertiary/aromatic N) is 1. The molecule has 1 rings (SSSR count). The molecule has 0 amide bonds. The minimum absolute atomic E-state index is 0.120. The molecule has 0 atom stereocenters. The van der Waals surface area contributed by atoms with Gasteiger partial charge >= 0.3 is 0 Å². The second kappa shape index (κ2) is 7.17. The molecular formula is C10H22N2O2. The molecule has 0 aliphatic carbocycles. The highest BCUT2D eigenvalue weighted by molar-refractivity contribution is 4.72. The molecule has 0 unspecified atom stereocenters. The quantitative estimate of drug-likeness (QED) is 0.579. The van der Waals surface area contributed by atoms with Crippen molar-refractivity contribution in [3.63, 3.8) is 0 Å². The lowest BCUT2D eigenvalue weighted by Crippen LogP contribution is -2.38. The topological polar surface area (TPSA) is 58.7 Å². The molecule has 4 nitrogen and oxygen atoms in total. The van der Waals surface area contributed by atoms with Crippen molar-refractivity contribution in [2.45, 2.75) is 12.8 Å². The van der Waals surface area contributed by atoms with Crippen molar-refractivity contribution in [2.75, 3.05) is 46.0 Å². The van der Waals surface area contributed by atoms with E-state index in [4.69, 9.17) is 15.6 Å². The number of hydrogen-bond donors (Lipinski definition) is 2. The third-order valence-corrected chi connectivity index (χ3v) is 2.83. The van der Waals surface area contributed by atoms with Crippen LogP contribution in [0.4, 0.5) is 0 Å². The molecule has 3 N–H and O–H groups in total. The van der Waals surface area contributed by atoms with Crippen molar-refractivity contribution < 1.29 is 9.84 Å². The van der Waals surface area contributed by atoms with Gasteiger partial charge in [0.25, 0.3) is 0 Å². The lowest BCUT2D eigenvalue weighted by atomic mass is 9.97. The van der Waals surface area contributed by atoms with Gasteiger partial charge in [-0.25, -0.2) is 0 Å². The van der Waals surface area contributed by atoms with E-state index in [0.717, 1.165) is 38.7 Å². The molecule has 0 saturated carbocycles. The maximum Gasteiger partial charge on any atom is 0.0698 e. The maximum atomic E-state index is 8.52. The van der Waals surface area contributed by atoms with E-state index < -0.39 is 0 Å². The summed E-state index contributed by atoms with van der Waals surface area (Å²) < 4.78 is 5.22. The van der Waals surface area contributed by atoms with Crippen molar-refractivity contribution in [3.8, 4) is 0 Å². The maximum absolute atomic E-state index is 8.52. The van der Waals surface area contributed by atoms with E-state index in [2.05, 4.69) is 4.90 Å². The molecule has 1 aliphatic heterocycles. The fourth-order valence-electron chi connectivity index (χ4n) is 1.81. The molecular weight excluding hydrogens is 180 g/mol. The van der Waals surface area contributed by atoms with Crippen LogP contribution in [0.3, 0.4) is 0 Å². The van der Waals surface area contributed by atoms with Gasteiger partial charge in [0.2, 0.25) is 0 Å². The fourth-order valence-corrected chi connectivity index (χ4v) is 1.81. The Morgan fingerprint density at radius 2 is 2.00 bits per heavy atom. The molecule has 84 valence electrons. The van der Waals surface area contributed by atoms with Gasteiger partial charge in [0.15, 0.2) is 0 Å². The lowest BCUT2D eigenvalue weighted by molar-refractivity contribution is 0.0653. The highest BCUT2D eigenvalue weighted by Gasteiger charge is 2.17. The number of likely N-dealkylation sites (tertiary alicyclic amines) is 1. The molecule has 0 aromatic heterocycles. The summed E-state index contributed by atoms with van der Waals surface area (Å²) in [5.74, 6) is 0.726. The first-order valence-electron chi connectivity index (χ1n) is 5.48. The van der Waals surface area contributed by atoms with Crippen molar-refractivity contribution >= 4 is 0 Å². The summed E-state index contributed by atoms with van der Waals surface area (Å²) in [6, 6.07) is 0. The summed E-state index contributed by atoms with van der Waals surface area (Å²) in [6.07, 6.45) is 2.44. The van der Waals surface area contributed by atoms with Gasteiger partial charge in [0, 0.05) is 6.54 Å². The van der Waals surface area contributed by atoms with Crippen LogP contribution in [0.5, 0.6) is 0 Å². The summed E-state index contributed by atoms with van der Waals surface area (Å²) >= 11 is 0. The molecule has 1 saturated heterocycles. The zero-order valence-electron chi connectivity index (χ0n) is 8.82. The second-order valence-electron chi connectivity index (χ2n) is 3.86. The number of rotatable bonds is 6. The number of ether oxygens (including phenoxy) is 1. The van der Waals surface area contributed by atoms with Gasteiger partial charge in [-0.3, -0.25) is 0 Å². The molecule has 1 fully saturated rings. The zero-order valence-corrected chi connectivity index (χ0v) is 8.82. The minimum Gasteiger partial charge on any atom is -0.394 e. The van der Waals surface area contributed by atoms with Crippen LogP contribution in [0.1, 0.15) is 12.8 Å². The molecule has 0 radical (unpaired) electrons. The number of aliphatic hydroxyl groups is 1. The first kappa shape index (κ1) is 11.9. The molecule has 0 aromatic carbocycles. The Bertz CT molecular complexity index is 136. The molecule has 0 spiro atoms. The zero-order chi connectivity index (χ0) is 10.2. The average Bonchev–Trinajstić information content (AvgIpc) is 2.25. The first-order valence-corrected chi connectivity index (χ1v) is 5.48. The number of piperidine rings is 1. The van der Waals surface area contributed by atoms with E-state index in [9.17, 15) is 0 Å². The van der Waals surface area contributed by atoms with E-state index in [-0.39, 0.29) is 6.61 Å². The Morgan fingerprint density at radius 1 is 1.29 bits per heavy atom. The van der Waals surface area contributed by atoms with Gasteiger partial charge < -0.3 is 20.5 Å². The minimum atomic E-state index is 0.120. The van der Waals surface area contributed by atoms with Crippen LogP contribution in [0.25, 0.3) is 0 Å². The van der Waals surface area contributed by atoms with Crippen LogP contribution in [-0.2, 0) is 4.74 Å². The number of hydrogen-bond acceptors (Lipinski definition) is 4. The fraction of sp³-hybridized carbons (Fsp3) is 1.00. The van der Waals surface area contributed by atoms with E-state index in [1.165, 1.54) is 12.8 Å². The van der Waals surface area contributed by atoms with Gasteiger partial charge in [0.05, 0.1) is 19.8 Å². The molecule has 4 heteroatoms. The van der Waals surface area contributed by atoms with Crippen LogP contribution in [0.15, 0.2) is 0 Å². The van der Waals surface area contributed by atoms with E-state index in [1.54, 1.807) is 0 Å². The summed E-state index contributed by atoms with van der Waals surface area (Å²) in [4.78, 5) is 2.41. The smallest absolute Gasteiger partial charge is 0.0698 e. The predicted molar refractivity (Wildman–Crippen MR) is 56.1 cm³/mol. The standard InChI is InChI=1S/C10H22N2O2/c11-9-10-1-3-12(4-2-10)5-7-14-8-6-13/h10,13H,1-9,11H2. The molecule has 14 heavy (non-hydrogen) atoms. The van der Waals surface area contributed by atoms with Gasteiger partial charge in [-0.2, -0.15) is 0 Å². The Hall–Kier alpha value is -0.160. The lowest BCUT2D eigenvalue weighted by Gasteiger charge is -2.31. The van der Waals surface area contributed by atoms with E-state index >= 15 is 0 Å². The Balaban J connectivity index is 1.98. The summed E-state index contributed by atoms with van der Waals surface area (Å²) in [7, 11) is 0.